The average Bonchev–Trinajstić information content (AvgIpc) is 3.74. The molecule has 4 aliphatic heterocycles. The molecule has 8 rings (SSSR count). The van der Waals surface area contributed by atoms with Gasteiger partial charge in [-0.15, -0.1) is 12.4 Å². The van der Waals surface area contributed by atoms with E-state index in [1.165, 1.54) is 21.4 Å². The fraction of sp³-hybridized carbons (Fsp3) is 0.514. The number of aliphatic hydroxyl groups is 1. The number of piperidine rings is 1. The number of carbonyl (C=O) groups excluding carboxylic acids is 3. The van der Waals surface area contributed by atoms with E-state index in [1.807, 2.05) is 44.2 Å². The Hall–Kier alpha value is -3.44. The first-order valence-electron chi connectivity index (χ1n) is 16.3. The number of piperazine rings is 1. The molecule has 4 fully saturated rings. The zero-order chi connectivity index (χ0) is 31.2. The number of halogens is 1. The third kappa shape index (κ3) is 4.37. The smallest absolute Gasteiger partial charge is 0.281 e. The Balaban J connectivity index is 0.00000338. The Morgan fingerprint density at radius 1 is 1.15 bits per heavy atom. The summed E-state index contributed by atoms with van der Waals surface area (Å²) in [6.45, 7) is 4.68. The van der Waals surface area contributed by atoms with Gasteiger partial charge in [0.05, 0.1) is 5.92 Å². The fourth-order valence-corrected chi connectivity index (χ4v) is 8.99. The summed E-state index contributed by atoms with van der Waals surface area (Å²) in [5.74, 6) is -3.80. The van der Waals surface area contributed by atoms with Gasteiger partial charge in [0.25, 0.3) is 11.8 Å². The van der Waals surface area contributed by atoms with Crippen LogP contribution < -0.4 is 5.32 Å². The molecule has 0 spiro atoms. The minimum atomic E-state index is -2.04. The Morgan fingerprint density at radius 3 is 2.70 bits per heavy atom. The van der Waals surface area contributed by atoms with Crippen molar-refractivity contribution in [1.29, 1.82) is 0 Å². The summed E-state index contributed by atoms with van der Waals surface area (Å²) in [5.41, 5.74) is 2.75. The maximum atomic E-state index is 14.6. The molecule has 5 heterocycles. The first kappa shape index (κ1) is 31.2. The number of carbonyl (C=O) groups is 3. The number of nitrogens with zero attached hydrogens (tertiary/aromatic N) is 3. The number of amides is 3. The van der Waals surface area contributed by atoms with E-state index in [0.29, 0.717) is 32.4 Å². The summed E-state index contributed by atoms with van der Waals surface area (Å²) >= 11 is 0. The molecule has 5 aliphatic rings. The number of likely N-dealkylation sites (N-methyl/N-ethyl adjacent to an activating group) is 1. The van der Waals surface area contributed by atoms with Crippen LogP contribution in [-0.4, -0.2) is 92.4 Å². The normalized spacial score (nSPS) is 33.5. The van der Waals surface area contributed by atoms with E-state index in [0.717, 1.165) is 17.5 Å². The molecule has 1 aromatic heterocycles. The lowest BCUT2D eigenvalue weighted by Gasteiger charge is -2.48. The molecule has 10 nitrogen and oxygen atoms in total. The summed E-state index contributed by atoms with van der Waals surface area (Å²) < 4.78 is 6.51. The number of likely N-dealkylation sites (tertiary alicyclic amines) is 1. The number of aromatic nitrogens is 1. The highest BCUT2D eigenvalue weighted by atomic mass is 35.5. The van der Waals surface area contributed by atoms with Gasteiger partial charge in [0.1, 0.15) is 12.1 Å². The largest absolute Gasteiger partial charge is 0.361 e. The van der Waals surface area contributed by atoms with Crippen LogP contribution in [0, 0.1) is 11.8 Å². The summed E-state index contributed by atoms with van der Waals surface area (Å²) in [6, 6.07) is 14.5. The lowest BCUT2D eigenvalue weighted by Crippen LogP contribution is -2.71. The second-order valence-corrected chi connectivity index (χ2v) is 14.0. The van der Waals surface area contributed by atoms with E-state index in [9.17, 15) is 19.5 Å². The van der Waals surface area contributed by atoms with Gasteiger partial charge in [-0.05, 0) is 55.5 Å². The van der Waals surface area contributed by atoms with Crippen molar-refractivity contribution in [2.45, 2.75) is 81.6 Å². The van der Waals surface area contributed by atoms with Gasteiger partial charge in [0.2, 0.25) is 17.5 Å². The predicted octanol–water partition coefficient (Wildman–Crippen LogP) is 3.14. The number of hydrogen-bond acceptors (Lipinski definition) is 6. The van der Waals surface area contributed by atoms with Crippen LogP contribution in [0.4, 0.5) is 0 Å². The molecule has 2 aromatic carbocycles. The van der Waals surface area contributed by atoms with Crippen LogP contribution in [0.2, 0.25) is 0 Å². The number of aromatic amines is 1. The zero-order valence-corrected chi connectivity index (χ0v) is 27.3. The summed E-state index contributed by atoms with van der Waals surface area (Å²) in [5, 5.41) is 16.6. The minimum Gasteiger partial charge on any atom is -0.361 e. The molecule has 3 amide bonds. The van der Waals surface area contributed by atoms with Crippen molar-refractivity contribution in [3.63, 3.8) is 0 Å². The van der Waals surface area contributed by atoms with Crippen LogP contribution in [0.25, 0.3) is 10.9 Å². The quantitative estimate of drug-likeness (QED) is 0.392. The van der Waals surface area contributed by atoms with Crippen LogP contribution in [0.5, 0.6) is 0 Å². The van der Waals surface area contributed by atoms with E-state index in [-0.39, 0.29) is 42.6 Å². The molecule has 0 radical (unpaired) electrons. The molecule has 7 atom stereocenters. The minimum absolute atomic E-state index is 0. The van der Waals surface area contributed by atoms with Gasteiger partial charge >= 0.3 is 0 Å². The maximum absolute atomic E-state index is 14.6. The van der Waals surface area contributed by atoms with Gasteiger partial charge in [0.15, 0.2) is 0 Å². The number of hydrogen-bond donors (Lipinski definition) is 3. The Morgan fingerprint density at radius 2 is 1.93 bits per heavy atom. The van der Waals surface area contributed by atoms with E-state index in [2.05, 4.69) is 46.6 Å². The van der Waals surface area contributed by atoms with Crippen LogP contribution in [0.15, 0.2) is 54.7 Å². The van der Waals surface area contributed by atoms with Crippen molar-refractivity contribution in [3.8, 4) is 0 Å². The summed E-state index contributed by atoms with van der Waals surface area (Å²) in [6.07, 6.45) is 5.12. The monoisotopic (exact) mass is 647 g/mol. The third-order valence-electron chi connectivity index (χ3n) is 11.2. The van der Waals surface area contributed by atoms with Crippen molar-refractivity contribution in [1.82, 2.24) is 25.0 Å². The first-order valence-corrected chi connectivity index (χ1v) is 16.3. The Bertz CT molecular complexity index is 1700. The molecular weight excluding hydrogens is 606 g/mol. The van der Waals surface area contributed by atoms with Crippen molar-refractivity contribution in [2.24, 2.45) is 11.8 Å². The van der Waals surface area contributed by atoms with Gasteiger partial charge in [-0.3, -0.25) is 24.0 Å². The van der Waals surface area contributed by atoms with Crippen molar-refractivity contribution >= 4 is 41.0 Å². The predicted molar refractivity (Wildman–Crippen MR) is 174 cm³/mol. The molecule has 4 saturated heterocycles. The molecular formula is C35H42ClN5O5. The topological polar surface area (TPSA) is 118 Å². The molecule has 11 heteroatoms. The van der Waals surface area contributed by atoms with E-state index in [4.69, 9.17) is 4.74 Å². The van der Waals surface area contributed by atoms with Crippen molar-refractivity contribution < 1.29 is 24.2 Å². The average molecular weight is 648 g/mol. The van der Waals surface area contributed by atoms with Gasteiger partial charge in [-0.2, -0.15) is 0 Å². The van der Waals surface area contributed by atoms with Gasteiger partial charge in [0, 0.05) is 54.5 Å². The van der Waals surface area contributed by atoms with Crippen LogP contribution in [0.1, 0.15) is 55.7 Å². The molecule has 0 unspecified atom stereocenters. The molecule has 1 aliphatic carbocycles. The van der Waals surface area contributed by atoms with Gasteiger partial charge in [-0.25, -0.2) is 0 Å². The molecule has 0 saturated carbocycles. The highest BCUT2D eigenvalue weighted by Gasteiger charge is 2.72. The molecule has 0 bridgehead atoms. The van der Waals surface area contributed by atoms with Crippen LogP contribution in [0.3, 0.4) is 0 Å². The van der Waals surface area contributed by atoms with Crippen LogP contribution in [-0.2, 0) is 32.0 Å². The lowest BCUT2D eigenvalue weighted by atomic mass is 9.72. The number of nitrogens with one attached hydrogen (secondary N) is 2. The number of rotatable bonds is 5. The van der Waals surface area contributed by atoms with E-state index in [1.54, 1.807) is 4.90 Å². The number of H-pyrrole nitrogens is 1. The van der Waals surface area contributed by atoms with Crippen molar-refractivity contribution in [3.05, 3.63) is 71.4 Å². The lowest BCUT2D eigenvalue weighted by molar-refractivity contribution is -0.321. The number of fused-ring (bicyclic) bond motifs is 5. The molecule has 3 N–H and O–H groups in total. The number of ether oxygens (including phenoxy) is 1. The maximum Gasteiger partial charge on any atom is 0.281 e. The fourth-order valence-electron chi connectivity index (χ4n) is 8.99. The molecule has 244 valence electrons. The highest BCUT2D eigenvalue weighted by molar-refractivity contribution is 5.98. The van der Waals surface area contributed by atoms with Crippen LogP contribution >= 0.6 is 12.4 Å². The second kappa shape index (κ2) is 11.1. The third-order valence-corrected chi connectivity index (χ3v) is 11.2. The summed E-state index contributed by atoms with van der Waals surface area (Å²) in [4.78, 5) is 51.4. The number of benzene rings is 2. The Kier molecular flexibility index (Phi) is 7.51. The SMILES string of the molecule is CC(C)[C@@]1(NC(=O)[C@@H]2C[C@@H]3c4cccc5[nH]cc(c45)C[C@H]3N(C)C2)O[C@@]2(O)[C@@H]3CCCN3C(=O)[C@H](Cc3ccccc3)N2C1=O.Cl. The Labute approximate surface area is 274 Å². The summed E-state index contributed by atoms with van der Waals surface area (Å²) in [7, 11) is 2.07. The van der Waals surface area contributed by atoms with E-state index >= 15 is 0 Å². The molecule has 46 heavy (non-hydrogen) atoms. The second-order valence-electron chi connectivity index (χ2n) is 14.0. The van der Waals surface area contributed by atoms with Gasteiger partial charge in [-0.1, -0.05) is 56.3 Å². The first-order chi connectivity index (χ1) is 21.6. The van der Waals surface area contributed by atoms with Gasteiger partial charge < -0.3 is 25.2 Å². The molecule has 3 aromatic rings. The van der Waals surface area contributed by atoms with E-state index < -0.39 is 41.5 Å². The van der Waals surface area contributed by atoms with Crippen molar-refractivity contribution in [2.75, 3.05) is 20.1 Å². The standard InChI is InChI=1S/C35H41N5O5.ClH/c1-20(2)34(37-31(41)23-16-25-24-11-7-12-26-30(24)22(18-36-26)17-27(25)38(3)19-23)33(43)40-28(15-21-9-5-4-6-10-21)32(42)39-14-8-13-29(39)35(40,44)45-34;/h4-7,9-12,18,20,23,25,27-29,36,44H,8,13-17,19H2,1-3H3,(H,37,41);1H/t23-,25-,27-,28+,29+,34-,35+;/m1./s1. The highest BCUT2D eigenvalue weighted by Crippen LogP contribution is 2.49. The zero-order valence-electron chi connectivity index (χ0n) is 26.4.